The van der Waals surface area contributed by atoms with Crippen LogP contribution in [0.1, 0.15) is 53.7 Å². The van der Waals surface area contributed by atoms with Crippen molar-refractivity contribution in [2.75, 3.05) is 20.3 Å². The minimum atomic E-state index is -0.186. The van der Waals surface area contributed by atoms with E-state index in [1.165, 1.54) is 0 Å². The number of carbonyl (C=O) groups is 1. The number of piperidine rings is 1. The van der Waals surface area contributed by atoms with Crippen LogP contribution in [0, 0.1) is 13.8 Å². The highest BCUT2D eigenvalue weighted by atomic mass is 16.5. The Morgan fingerprint density at radius 1 is 1.35 bits per heavy atom. The Hall–Kier alpha value is -1.62. The van der Waals surface area contributed by atoms with Crippen LogP contribution in [0.25, 0.3) is 0 Å². The van der Waals surface area contributed by atoms with Gasteiger partial charge in [0.2, 0.25) is 0 Å². The van der Waals surface area contributed by atoms with Gasteiger partial charge in [-0.2, -0.15) is 0 Å². The normalized spacial score (nSPS) is 18.3. The second-order valence-electron chi connectivity index (χ2n) is 6.49. The van der Waals surface area contributed by atoms with Crippen LogP contribution >= 0.6 is 0 Å². The van der Waals surface area contributed by atoms with Gasteiger partial charge in [0.05, 0.1) is 0 Å². The minimum Gasteiger partial charge on any atom is -0.385 e. The van der Waals surface area contributed by atoms with E-state index in [0.717, 1.165) is 49.9 Å². The quantitative estimate of drug-likeness (QED) is 0.783. The SMILES string of the molecule is COCCC[C@H]1CCCCN1C(=O)c1c(C)cc(C)n(C)c1=O. The highest BCUT2D eigenvalue weighted by Gasteiger charge is 2.29. The first-order valence-electron chi connectivity index (χ1n) is 8.44. The van der Waals surface area contributed by atoms with E-state index in [0.29, 0.717) is 12.2 Å². The smallest absolute Gasteiger partial charge is 0.263 e. The maximum absolute atomic E-state index is 13.0. The van der Waals surface area contributed by atoms with Crippen LogP contribution in [0.3, 0.4) is 0 Å². The molecule has 5 nitrogen and oxygen atoms in total. The summed E-state index contributed by atoms with van der Waals surface area (Å²) >= 11 is 0. The van der Waals surface area contributed by atoms with Gasteiger partial charge in [0.25, 0.3) is 11.5 Å². The van der Waals surface area contributed by atoms with Gasteiger partial charge in [-0.05, 0) is 57.6 Å². The van der Waals surface area contributed by atoms with Crippen LogP contribution in [0.2, 0.25) is 0 Å². The minimum absolute atomic E-state index is 0.106. The first-order chi connectivity index (χ1) is 11.0. The molecular formula is C18H28N2O3. The molecule has 1 aromatic heterocycles. The molecule has 1 aromatic rings. The zero-order valence-corrected chi connectivity index (χ0v) is 14.7. The van der Waals surface area contributed by atoms with Crippen LogP contribution in [-0.2, 0) is 11.8 Å². The Bertz CT molecular complexity index is 621. The molecule has 0 aromatic carbocycles. The molecule has 1 atom stereocenters. The lowest BCUT2D eigenvalue weighted by Gasteiger charge is -2.36. The predicted octanol–water partition coefficient (Wildman–Crippen LogP) is 2.42. The topological polar surface area (TPSA) is 51.5 Å². The van der Waals surface area contributed by atoms with E-state index < -0.39 is 0 Å². The van der Waals surface area contributed by atoms with Crippen molar-refractivity contribution in [2.45, 2.75) is 52.0 Å². The Kier molecular flexibility index (Phi) is 5.99. The molecule has 0 spiro atoms. The van der Waals surface area contributed by atoms with E-state index in [1.807, 2.05) is 24.8 Å². The van der Waals surface area contributed by atoms with E-state index in [-0.39, 0.29) is 17.5 Å². The number of nitrogens with zero attached hydrogens (tertiary/aromatic N) is 2. The second-order valence-corrected chi connectivity index (χ2v) is 6.49. The number of hydrogen-bond acceptors (Lipinski definition) is 3. The summed E-state index contributed by atoms with van der Waals surface area (Å²) in [6.45, 7) is 5.19. The maximum atomic E-state index is 13.0. The van der Waals surface area contributed by atoms with Crippen LogP contribution < -0.4 is 5.56 Å². The fraction of sp³-hybridized carbons (Fsp3) is 0.667. The lowest BCUT2D eigenvalue weighted by molar-refractivity contribution is 0.0582. The van der Waals surface area contributed by atoms with Crippen molar-refractivity contribution in [1.29, 1.82) is 0 Å². The van der Waals surface area contributed by atoms with Gasteiger partial charge >= 0.3 is 0 Å². The van der Waals surface area contributed by atoms with Gasteiger partial charge in [-0.15, -0.1) is 0 Å². The van der Waals surface area contributed by atoms with Gasteiger partial charge in [0.15, 0.2) is 0 Å². The molecule has 23 heavy (non-hydrogen) atoms. The van der Waals surface area contributed by atoms with Crippen LogP contribution in [0.4, 0.5) is 0 Å². The zero-order valence-electron chi connectivity index (χ0n) is 14.7. The summed E-state index contributed by atoms with van der Waals surface area (Å²) in [5, 5.41) is 0. The molecule has 1 fully saturated rings. The van der Waals surface area contributed by atoms with Gasteiger partial charge in [-0.1, -0.05) is 0 Å². The second kappa shape index (κ2) is 7.77. The molecule has 0 unspecified atom stereocenters. The van der Waals surface area contributed by atoms with Gasteiger partial charge < -0.3 is 14.2 Å². The molecule has 1 saturated heterocycles. The monoisotopic (exact) mass is 320 g/mol. The molecule has 0 radical (unpaired) electrons. The summed E-state index contributed by atoms with van der Waals surface area (Å²) in [6.07, 6.45) is 5.05. The van der Waals surface area contributed by atoms with Crippen LogP contribution in [-0.4, -0.2) is 41.7 Å². The third-order valence-electron chi connectivity index (χ3n) is 4.85. The number of methoxy groups -OCH3 is 1. The van der Waals surface area contributed by atoms with Crippen molar-refractivity contribution in [3.63, 3.8) is 0 Å². The molecule has 1 aliphatic rings. The summed E-state index contributed by atoms with van der Waals surface area (Å²) < 4.78 is 6.68. The molecule has 2 heterocycles. The van der Waals surface area contributed by atoms with Crippen LogP contribution in [0.15, 0.2) is 10.9 Å². The predicted molar refractivity (Wildman–Crippen MR) is 90.9 cm³/mol. The number of hydrogen-bond donors (Lipinski definition) is 0. The number of carbonyl (C=O) groups excluding carboxylic acids is 1. The van der Waals surface area contributed by atoms with Gasteiger partial charge in [-0.3, -0.25) is 9.59 Å². The molecule has 0 aliphatic carbocycles. The van der Waals surface area contributed by atoms with E-state index in [4.69, 9.17) is 4.74 Å². The number of ether oxygens (including phenoxy) is 1. The fourth-order valence-corrected chi connectivity index (χ4v) is 3.41. The number of aryl methyl sites for hydroxylation is 2. The highest BCUT2D eigenvalue weighted by Crippen LogP contribution is 2.23. The third-order valence-corrected chi connectivity index (χ3v) is 4.85. The number of likely N-dealkylation sites (tertiary alicyclic amines) is 1. The first-order valence-corrected chi connectivity index (χ1v) is 8.44. The largest absolute Gasteiger partial charge is 0.385 e. The molecule has 0 N–H and O–H groups in total. The molecule has 5 heteroatoms. The Morgan fingerprint density at radius 3 is 2.78 bits per heavy atom. The van der Waals surface area contributed by atoms with Crippen molar-refractivity contribution in [2.24, 2.45) is 7.05 Å². The molecule has 1 aliphatic heterocycles. The average Bonchev–Trinajstić information content (AvgIpc) is 2.53. The Labute approximate surface area is 138 Å². The molecule has 2 rings (SSSR count). The summed E-state index contributed by atoms with van der Waals surface area (Å²) in [7, 11) is 3.42. The third kappa shape index (κ3) is 3.83. The molecule has 128 valence electrons. The number of aromatic nitrogens is 1. The van der Waals surface area contributed by atoms with E-state index in [9.17, 15) is 9.59 Å². The van der Waals surface area contributed by atoms with Crippen molar-refractivity contribution in [3.05, 3.63) is 33.2 Å². The summed E-state index contributed by atoms with van der Waals surface area (Å²) in [4.78, 5) is 27.5. The Morgan fingerprint density at radius 2 is 2.09 bits per heavy atom. The van der Waals surface area contributed by atoms with Crippen molar-refractivity contribution in [3.8, 4) is 0 Å². The van der Waals surface area contributed by atoms with Crippen molar-refractivity contribution < 1.29 is 9.53 Å². The van der Waals surface area contributed by atoms with Crippen molar-refractivity contribution in [1.82, 2.24) is 9.47 Å². The summed E-state index contributed by atoms with van der Waals surface area (Å²) in [6, 6.07) is 2.13. The molecule has 1 amide bonds. The summed E-state index contributed by atoms with van der Waals surface area (Å²) in [5.41, 5.74) is 1.79. The summed E-state index contributed by atoms with van der Waals surface area (Å²) in [5.74, 6) is -0.106. The molecule has 0 saturated carbocycles. The van der Waals surface area contributed by atoms with Crippen LogP contribution in [0.5, 0.6) is 0 Å². The van der Waals surface area contributed by atoms with Gasteiger partial charge in [-0.25, -0.2) is 0 Å². The van der Waals surface area contributed by atoms with E-state index >= 15 is 0 Å². The van der Waals surface area contributed by atoms with E-state index in [1.54, 1.807) is 18.7 Å². The lowest BCUT2D eigenvalue weighted by atomic mass is 9.96. The zero-order chi connectivity index (χ0) is 17.0. The standard InChI is InChI=1S/C18H28N2O3/c1-13-12-14(2)19(3)17(21)16(13)18(22)20-10-6-5-8-15(20)9-7-11-23-4/h12,15H,5-11H2,1-4H3/t15-/m1/s1. The van der Waals surface area contributed by atoms with Crippen molar-refractivity contribution >= 4 is 5.91 Å². The number of rotatable bonds is 5. The average molecular weight is 320 g/mol. The maximum Gasteiger partial charge on any atom is 0.263 e. The van der Waals surface area contributed by atoms with Gasteiger partial charge in [0, 0.05) is 39.0 Å². The number of amides is 1. The highest BCUT2D eigenvalue weighted by molar-refractivity contribution is 5.95. The molecule has 0 bridgehead atoms. The fourth-order valence-electron chi connectivity index (χ4n) is 3.41. The van der Waals surface area contributed by atoms with E-state index in [2.05, 4.69) is 0 Å². The lowest BCUT2D eigenvalue weighted by Crippen LogP contribution is -2.46. The number of pyridine rings is 1. The first kappa shape index (κ1) is 17.7. The molecular weight excluding hydrogens is 292 g/mol. The van der Waals surface area contributed by atoms with Gasteiger partial charge in [0.1, 0.15) is 5.56 Å². The Balaban J connectivity index is 2.27.